The maximum absolute atomic E-state index is 12.7. The van der Waals surface area contributed by atoms with Crippen LogP contribution in [0.5, 0.6) is 0 Å². The summed E-state index contributed by atoms with van der Waals surface area (Å²) in [5.74, 6) is 0.748. The summed E-state index contributed by atoms with van der Waals surface area (Å²) in [5, 5.41) is 3.07. The van der Waals surface area contributed by atoms with Crippen molar-refractivity contribution in [1.82, 2.24) is 9.97 Å². The van der Waals surface area contributed by atoms with E-state index in [4.69, 9.17) is 0 Å². The van der Waals surface area contributed by atoms with Gasteiger partial charge in [0.05, 0.1) is 5.92 Å². The highest BCUT2D eigenvalue weighted by Crippen LogP contribution is 2.25. The highest BCUT2D eigenvalue weighted by molar-refractivity contribution is 5.93. The van der Waals surface area contributed by atoms with Gasteiger partial charge in [-0.1, -0.05) is 32.9 Å². The van der Waals surface area contributed by atoms with Gasteiger partial charge >= 0.3 is 0 Å². The number of nitrogens with zero attached hydrogens (tertiary/aromatic N) is 3. The number of hydrogen-bond acceptors (Lipinski definition) is 4. The average molecular weight is 352 g/mol. The lowest BCUT2D eigenvalue weighted by molar-refractivity contribution is -0.120. The Bertz CT molecular complexity index is 764. The van der Waals surface area contributed by atoms with E-state index in [2.05, 4.69) is 53.1 Å². The van der Waals surface area contributed by atoms with Crippen molar-refractivity contribution < 1.29 is 4.79 Å². The molecule has 1 N–H and O–H groups in total. The number of amides is 1. The first-order chi connectivity index (χ1) is 12.3. The molecule has 0 bridgehead atoms. The van der Waals surface area contributed by atoms with Gasteiger partial charge < -0.3 is 10.2 Å². The van der Waals surface area contributed by atoms with E-state index in [1.807, 2.05) is 25.1 Å². The van der Waals surface area contributed by atoms with Gasteiger partial charge in [0.1, 0.15) is 0 Å². The van der Waals surface area contributed by atoms with Gasteiger partial charge in [0.2, 0.25) is 11.9 Å². The van der Waals surface area contributed by atoms with Gasteiger partial charge in [-0.3, -0.25) is 4.79 Å². The van der Waals surface area contributed by atoms with E-state index < -0.39 is 0 Å². The average Bonchev–Trinajstić information content (AvgIpc) is 2.61. The number of rotatable bonds is 3. The maximum atomic E-state index is 12.7. The molecule has 1 amide bonds. The molecule has 0 radical (unpaired) electrons. The number of aromatic nitrogens is 2. The first-order valence-electron chi connectivity index (χ1n) is 9.29. The number of piperidine rings is 1. The fourth-order valence-electron chi connectivity index (χ4n) is 3.26. The Balaban J connectivity index is 1.64. The van der Waals surface area contributed by atoms with Crippen LogP contribution in [0.1, 0.15) is 44.9 Å². The summed E-state index contributed by atoms with van der Waals surface area (Å²) in [6.07, 6.45) is 3.64. The van der Waals surface area contributed by atoms with Crippen LogP contribution >= 0.6 is 0 Å². The quantitative estimate of drug-likeness (QED) is 0.909. The summed E-state index contributed by atoms with van der Waals surface area (Å²) in [4.78, 5) is 23.7. The topological polar surface area (TPSA) is 58.1 Å². The van der Waals surface area contributed by atoms with E-state index in [0.717, 1.165) is 36.7 Å². The summed E-state index contributed by atoms with van der Waals surface area (Å²) >= 11 is 0. The van der Waals surface area contributed by atoms with Crippen molar-refractivity contribution in [2.45, 2.75) is 46.0 Å². The number of nitrogens with one attached hydrogen (secondary N) is 1. The summed E-state index contributed by atoms with van der Waals surface area (Å²) in [6, 6.07) is 10.0. The largest absolute Gasteiger partial charge is 0.340 e. The van der Waals surface area contributed by atoms with Gasteiger partial charge in [-0.05, 0) is 48.9 Å². The van der Waals surface area contributed by atoms with Crippen LogP contribution in [0.15, 0.2) is 36.5 Å². The SMILES string of the molecule is Cc1ccnc(N2CCC[C@@H](C(=O)Nc3ccc(C(C)(C)C)cc3)C2)n1. The van der Waals surface area contributed by atoms with Crippen molar-refractivity contribution in [3.63, 3.8) is 0 Å². The number of hydrogen-bond donors (Lipinski definition) is 1. The molecule has 5 nitrogen and oxygen atoms in total. The molecule has 138 valence electrons. The van der Waals surface area contributed by atoms with Crippen LogP contribution in [0.3, 0.4) is 0 Å². The van der Waals surface area contributed by atoms with Crippen molar-refractivity contribution in [3.05, 3.63) is 47.8 Å². The van der Waals surface area contributed by atoms with E-state index >= 15 is 0 Å². The standard InChI is InChI=1S/C21H28N4O/c1-15-11-12-22-20(23-15)25-13-5-6-16(14-25)19(26)24-18-9-7-17(8-10-18)21(2,3)4/h7-12,16H,5-6,13-14H2,1-4H3,(H,24,26)/t16-/m1/s1. The molecule has 0 spiro atoms. The Morgan fingerprint density at radius 1 is 1.19 bits per heavy atom. The molecular weight excluding hydrogens is 324 g/mol. The molecule has 1 aliphatic heterocycles. The zero-order valence-electron chi connectivity index (χ0n) is 16.1. The van der Waals surface area contributed by atoms with E-state index in [9.17, 15) is 4.79 Å². The Hall–Kier alpha value is -2.43. The highest BCUT2D eigenvalue weighted by atomic mass is 16.1. The van der Waals surface area contributed by atoms with Gasteiger partial charge in [-0.25, -0.2) is 9.97 Å². The second kappa shape index (κ2) is 7.44. The Morgan fingerprint density at radius 3 is 2.58 bits per heavy atom. The lowest BCUT2D eigenvalue weighted by Gasteiger charge is -2.32. The van der Waals surface area contributed by atoms with Crippen LogP contribution in [0.25, 0.3) is 0 Å². The van der Waals surface area contributed by atoms with E-state index in [1.54, 1.807) is 6.20 Å². The molecule has 1 saturated heterocycles. The molecule has 1 atom stereocenters. The summed E-state index contributed by atoms with van der Waals surface area (Å²) in [6.45, 7) is 10.1. The smallest absolute Gasteiger partial charge is 0.229 e. The third-order valence-corrected chi connectivity index (χ3v) is 4.88. The predicted molar refractivity (Wildman–Crippen MR) is 105 cm³/mol. The van der Waals surface area contributed by atoms with Crippen LogP contribution in [-0.2, 0) is 10.2 Å². The lowest BCUT2D eigenvalue weighted by atomic mass is 9.87. The predicted octanol–water partition coefficient (Wildman–Crippen LogP) is 3.94. The molecule has 26 heavy (non-hydrogen) atoms. The molecule has 1 fully saturated rings. The van der Waals surface area contributed by atoms with Crippen LogP contribution in [-0.4, -0.2) is 29.0 Å². The van der Waals surface area contributed by atoms with E-state index in [1.165, 1.54) is 5.56 Å². The number of anilines is 2. The van der Waals surface area contributed by atoms with Crippen molar-refractivity contribution in [3.8, 4) is 0 Å². The molecular formula is C21H28N4O. The fourth-order valence-corrected chi connectivity index (χ4v) is 3.26. The molecule has 3 rings (SSSR count). The second-order valence-electron chi connectivity index (χ2n) is 8.10. The molecule has 5 heteroatoms. The molecule has 1 aromatic carbocycles. The Morgan fingerprint density at radius 2 is 1.92 bits per heavy atom. The molecule has 1 aliphatic rings. The minimum atomic E-state index is -0.0462. The molecule has 0 aliphatic carbocycles. The van der Waals surface area contributed by atoms with Crippen molar-refractivity contribution in [2.75, 3.05) is 23.3 Å². The fraction of sp³-hybridized carbons (Fsp3) is 0.476. The van der Waals surface area contributed by atoms with Gasteiger partial charge in [-0.15, -0.1) is 0 Å². The molecule has 2 heterocycles. The highest BCUT2D eigenvalue weighted by Gasteiger charge is 2.27. The van der Waals surface area contributed by atoms with Crippen LogP contribution in [0, 0.1) is 12.8 Å². The number of benzene rings is 1. The monoisotopic (exact) mass is 352 g/mol. The van der Waals surface area contributed by atoms with Crippen molar-refractivity contribution in [1.29, 1.82) is 0 Å². The van der Waals surface area contributed by atoms with Gasteiger partial charge in [0, 0.05) is 30.7 Å². The zero-order valence-corrected chi connectivity index (χ0v) is 16.1. The molecule has 1 aromatic heterocycles. The van der Waals surface area contributed by atoms with Gasteiger partial charge in [0.25, 0.3) is 0 Å². The van der Waals surface area contributed by atoms with E-state index in [-0.39, 0.29) is 17.2 Å². The van der Waals surface area contributed by atoms with Crippen LogP contribution in [0.4, 0.5) is 11.6 Å². The first-order valence-corrected chi connectivity index (χ1v) is 9.29. The molecule has 0 saturated carbocycles. The minimum Gasteiger partial charge on any atom is -0.340 e. The number of aryl methyl sites for hydroxylation is 1. The molecule has 0 unspecified atom stereocenters. The second-order valence-corrected chi connectivity index (χ2v) is 8.10. The summed E-state index contributed by atoms with van der Waals surface area (Å²) < 4.78 is 0. The number of carbonyl (C=O) groups is 1. The minimum absolute atomic E-state index is 0.0462. The summed E-state index contributed by atoms with van der Waals surface area (Å²) in [7, 11) is 0. The Kier molecular flexibility index (Phi) is 5.25. The summed E-state index contributed by atoms with van der Waals surface area (Å²) in [5.41, 5.74) is 3.17. The first kappa shape index (κ1) is 18.4. The van der Waals surface area contributed by atoms with E-state index in [0.29, 0.717) is 6.54 Å². The van der Waals surface area contributed by atoms with Crippen LogP contribution < -0.4 is 10.2 Å². The third-order valence-electron chi connectivity index (χ3n) is 4.88. The lowest BCUT2D eigenvalue weighted by Crippen LogP contribution is -2.41. The zero-order chi connectivity index (χ0) is 18.7. The number of carbonyl (C=O) groups excluding carboxylic acids is 1. The van der Waals surface area contributed by atoms with Crippen molar-refractivity contribution in [2.24, 2.45) is 5.92 Å². The van der Waals surface area contributed by atoms with Crippen LogP contribution in [0.2, 0.25) is 0 Å². The maximum Gasteiger partial charge on any atom is 0.229 e. The van der Waals surface area contributed by atoms with Gasteiger partial charge in [-0.2, -0.15) is 0 Å². The van der Waals surface area contributed by atoms with Gasteiger partial charge in [0.15, 0.2) is 0 Å². The Labute approximate surface area is 155 Å². The molecule has 2 aromatic rings. The van der Waals surface area contributed by atoms with Crippen molar-refractivity contribution >= 4 is 17.5 Å². The normalized spacial score (nSPS) is 17.8. The third kappa shape index (κ3) is 4.40.